The molecule has 1 aliphatic heterocycles. The first-order valence-electron chi connectivity index (χ1n) is 15.4. The third-order valence-corrected chi connectivity index (χ3v) is 9.35. The van der Waals surface area contributed by atoms with Crippen LogP contribution >= 0.6 is 0 Å². The summed E-state index contributed by atoms with van der Waals surface area (Å²) in [7, 11) is 0. The van der Waals surface area contributed by atoms with Crippen molar-refractivity contribution >= 4 is 22.5 Å². The quantitative estimate of drug-likeness (QED) is 0.156. The lowest BCUT2D eigenvalue weighted by atomic mass is 9.92. The van der Waals surface area contributed by atoms with Crippen molar-refractivity contribution in [3.63, 3.8) is 0 Å². The molecule has 0 spiro atoms. The van der Waals surface area contributed by atoms with Crippen molar-refractivity contribution < 1.29 is 18.7 Å². The molecule has 2 aliphatic rings. The molecule has 4 atom stereocenters. The number of hydrogen-bond donors (Lipinski definition) is 3. The number of aryl methyl sites for hydroxylation is 2. The van der Waals surface area contributed by atoms with Gasteiger partial charge in [-0.3, -0.25) is 9.59 Å². The van der Waals surface area contributed by atoms with E-state index >= 15 is 0 Å². The highest BCUT2D eigenvalue weighted by Crippen LogP contribution is 2.43. The maximum absolute atomic E-state index is 12.6. The Bertz CT molecular complexity index is 2040. The van der Waals surface area contributed by atoms with Gasteiger partial charge in [-0.25, -0.2) is 0 Å². The number of allylic oxidation sites excluding steroid dienone is 3. The Labute approximate surface area is 262 Å². The molecule has 3 N–H and O–H groups in total. The van der Waals surface area contributed by atoms with Crippen LogP contribution in [0.15, 0.2) is 83.0 Å². The van der Waals surface area contributed by atoms with Crippen LogP contribution in [0.4, 0.5) is 0 Å². The minimum absolute atomic E-state index is 0.0249. The number of carbonyl (C=O) groups excluding carboxylic acids is 2. The van der Waals surface area contributed by atoms with Crippen LogP contribution in [0.3, 0.4) is 0 Å². The van der Waals surface area contributed by atoms with E-state index < -0.39 is 0 Å². The number of ketones is 2. The minimum atomic E-state index is -0.329. The van der Waals surface area contributed by atoms with Crippen molar-refractivity contribution in [2.24, 2.45) is 5.92 Å². The lowest BCUT2D eigenvalue weighted by Crippen LogP contribution is -2.15. The summed E-state index contributed by atoms with van der Waals surface area (Å²) < 4.78 is 13.0. The fourth-order valence-electron chi connectivity index (χ4n) is 7.42. The number of ether oxygens (including phenoxy) is 1. The fraction of sp³-hybridized carbons (Fsp3) is 0.263. The SMILES string of the molecule is CC(=O)c1c(C)[nH]c(C(C2=C[C@@H]3C=CC=CC3O2)c2ccc(C(c3cc4ccccc4o3)c3[nH]c(C)c(C(C)=O)c3C)[nH]2)c1C. The molecule has 7 heteroatoms. The molecule has 5 aromatic rings. The van der Waals surface area contributed by atoms with Gasteiger partial charge in [0.2, 0.25) is 0 Å². The first kappa shape index (κ1) is 28.7. The van der Waals surface area contributed by atoms with Gasteiger partial charge < -0.3 is 24.1 Å². The smallest absolute Gasteiger partial charge is 0.161 e. The van der Waals surface area contributed by atoms with Gasteiger partial charge in [0, 0.05) is 56.6 Å². The summed E-state index contributed by atoms with van der Waals surface area (Å²) in [5.41, 5.74) is 9.41. The molecule has 45 heavy (non-hydrogen) atoms. The number of furan rings is 1. The van der Waals surface area contributed by atoms with E-state index in [-0.39, 0.29) is 35.4 Å². The second-order valence-corrected chi connectivity index (χ2v) is 12.4. The zero-order chi connectivity index (χ0) is 31.6. The normalized spacial score (nSPS) is 18.6. The summed E-state index contributed by atoms with van der Waals surface area (Å²) in [5, 5.41) is 1.01. The van der Waals surface area contributed by atoms with Crippen LogP contribution in [0.2, 0.25) is 0 Å². The molecule has 5 heterocycles. The summed E-state index contributed by atoms with van der Waals surface area (Å²) in [6.07, 6.45) is 10.4. The maximum Gasteiger partial charge on any atom is 0.161 e. The van der Waals surface area contributed by atoms with Crippen molar-refractivity contribution in [1.29, 1.82) is 0 Å². The molecule has 228 valence electrons. The van der Waals surface area contributed by atoms with Crippen LogP contribution in [0.1, 0.15) is 97.4 Å². The number of hydrogen-bond acceptors (Lipinski definition) is 4. The molecule has 7 nitrogen and oxygen atoms in total. The topological polar surface area (TPSA) is 104 Å². The molecule has 0 amide bonds. The first-order valence-corrected chi connectivity index (χ1v) is 15.4. The number of fused-ring (bicyclic) bond motifs is 2. The Balaban J connectivity index is 1.40. The predicted molar refractivity (Wildman–Crippen MR) is 175 cm³/mol. The summed E-state index contributed by atoms with van der Waals surface area (Å²) in [4.78, 5) is 36.1. The molecule has 3 unspecified atom stereocenters. The fourth-order valence-corrected chi connectivity index (χ4v) is 7.42. The van der Waals surface area contributed by atoms with Crippen molar-refractivity contribution in [2.75, 3.05) is 0 Å². The number of Topliss-reactive ketones (excluding diaryl/α,β-unsaturated/α-hetero) is 2. The Kier molecular flexibility index (Phi) is 6.92. The summed E-state index contributed by atoms with van der Waals surface area (Å²) in [6, 6.07) is 14.2. The van der Waals surface area contributed by atoms with Gasteiger partial charge >= 0.3 is 0 Å². The third-order valence-electron chi connectivity index (χ3n) is 9.35. The zero-order valence-electron chi connectivity index (χ0n) is 26.4. The summed E-state index contributed by atoms with van der Waals surface area (Å²) in [6.45, 7) is 11.1. The molecule has 0 bridgehead atoms. The van der Waals surface area contributed by atoms with Crippen LogP contribution in [-0.2, 0) is 4.74 Å². The van der Waals surface area contributed by atoms with Gasteiger partial charge in [0.25, 0.3) is 0 Å². The summed E-state index contributed by atoms with van der Waals surface area (Å²) in [5.74, 6) is 1.17. The second-order valence-electron chi connectivity index (χ2n) is 12.4. The van der Waals surface area contributed by atoms with Crippen LogP contribution < -0.4 is 0 Å². The minimum Gasteiger partial charge on any atom is -0.489 e. The average molecular weight is 600 g/mol. The number of benzene rings is 1. The van der Waals surface area contributed by atoms with Crippen LogP contribution in [0.25, 0.3) is 11.0 Å². The van der Waals surface area contributed by atoms with Gasteiger partial charge in [-0.15, -0.1) is 0 Å². The molecule has 1 aliphatic carbocycles. The van der Waals surface area contributed by atoms with Crippen LogP contribution in [0.5, 0.6) is 0 Å². The van der Waals surface area contributed by atoms with Crippen molar-refractivity contribution in [2.45, 2.75) is 59.5 Å². The van der Waals surface area contributed by atoms with Crippen LogP contribution in [0, 0.1) is 33.6 Å². The largest absolute Gasteiger partial charge is 0.489 e. The Hall–Kier alpha value is -5.04. The van der Waals surface area contributed by atoms with E-state index in [0.29, 0.717) is 11.1 Å². The van der Waals surface area contributed by atoms with Crippen molar-refractivity contribution in [1.82, 2.24) is 15.0 Å². The van der Waals surface area contributed by atoms with Gasteiger partial charge in [-0.2, -0.15) is 0 Å². The molecule has 0 saturated heterocycles. The molecular formula is C38H37N3O4. The Morgan fingerprint density at radius 3 is 1.96 bits per heavy atom. The monoisotopic (exact) mass is 599 g/mol. The van der Waals surface area contributed by atoms with Crippen molar-refractivity contribution in [3.05, 3.63) is 141 Å². The number of nitrogens with one attached hydrogen (secondary N) is 3. The number of para-hydroxylation sites is 1. The number of aromatic nitrogens is 3. The highest BCUT2D eigenvalue weighted by Gasteiger charge is 2.36. The van der Waals surface area contributed by atoms with E-state index in [9.17, 15) is 9.59 Å². The lowest BCUT2D eigenvalue weighted by molar-refractivity contribution is 0.100. The Morgan fingerprint density at radius 2 is 1.36 bits per heavy atom. The standard InChI is InChI=1S/C38H37N3O4/c1-19-33(23(5)42)21(3)39-37(19)35(31-17-25-11-7-9-13-29(25)44-31)27-15-16-28(41-27)36(32-18-26-12-8-10-14-30(26)45-32)38-20(2)34(24(6)43)22(4)40-38/h7-18,25,29,35-36,39-41H,1-6H3/t25-,29?,35?,36?/m0/s1. The van der Waals surface area contributed by atoms with E-state index in [2.05, 4.69) is 57.5 Å². The summed E-state index contributed by atoms with van der Waals surface area (Å²) >= 11 is 0. The number of H-pyrrole nitrogens is 3. The van der Waals surface area contributed by atoms with Gasteiger partial charge in [-0.1, -0.05) is 36.4 Å². The maximum atomic E-state index is 12.6. The van der Waals surface area contributed by atoms with Gasteiger partial charge in [0.15, 0.2) is 11.6 Å². The molecule has 4 aromatic heterocycles. The van der Waals surface area contributed by atoms with Gasteiger partial charge in [0.1, 0.15) is 23.2 Å². The Morgan fingerprint density at radius 1 is 0.756 bits per heavy atom. The lowest BCUT2D eigenvalue weighted by Gasteiger charge is -2.21. The van der Waals surface area contributed by atoms with Crippen LogP contribution in [-0.4, -0.2) is 32.6 Å². The molecule has 7 rings (SSSR count). The van der Waals surface area contributed by atoms with E-state index in [4.69, 9.17) is 9.15 Å². The van der Waals surface area contributed by atoms with E-state index in [1.807, 2.05) is 58.0 Å². The highest BCUT2D eigenvalue weighted by molar-refractivity contribution is 5.97. The van der Waals surface area contributed by atoms with E-state index in [0.717, 1.165) is 67.8 Å². The predicted octanol–water partition coefficient (Wildman–Crippen LogP) is 8.39. The highest BCUT2D eigenvalue weighted by atomic mass is 16.5. The average Bonchev–Trinajstić information content (AvgIpc) is 3.81. The van der Waals surface area contributed by atoms with Gasteiger partial charge in [-0.05, 0) is 89.1 Å². The third kappa shape index (κ3) is 4.74. The van der Waals surface area contributed by atoms with Gasteiger partial charge in [0.05, 0.1) is 11.8 Å². The number of aromatic amines is 3. The molecule has 1 aromatic carbocycles. The molecule has 0 radical (unpaired) electrons. The molecule has 0 saturated carbocycles. The molecule has 0 fully saturated rings. The van der Waals surface area contributed by atoms with Crippen molar-refractivity contribution in [3.8, 4) is 0 Å². The first-order chi connectivity index (χ1) is 21.6. The zero-order valence-corrected chi connectivity index (χ0v) is 26.4. The van der Waals surface area contributed by atoms with E-state index in [1.54, 1.807) is 13.8 Å². The van der Waals surface area contributed by atoms with E-state index in [1.165, 1.54) is 0 Å². The number of rotatable bonds is 8. The number of carbonyl (C=O) groups is 2. The second kappa shape index (κ2) is 10.8. The molecular weight excluding hydrogens is 562 g/mol.